The highest BCUT2D eigenvalue weighted by Crippen LogP contribution is 2.28. The van der Waals surface area contributed by atoms with E-state index in [1.54, 1.807) is 11.3 Å². The minimum Gasteiger partial charge on any atom is -0.493 e. The first kappa shape index (κ1) is 13.2. The lowest BCUT2D eigenvalue weighted by Gasteiger charge is -2.12. The molecule has 20 heavy (non-hydrogen) atoms. The van der Waals surface area contributed by atoms with Crippen molar-refractivity contribution in [1.82, 2.24) is 0 Å². The van der Waals surface area contributed by atoms with Crippen LogP contribution in [0.1, 0.15) is 11.1 Å². The summed E-state index contributed by atoms with van der Waals surface area (Å²) in [5, 5.41) is 16.0. The third-order valence-electron chi connectivity index (χ3n) is 3.38. The van der Waals surface area contributed by atoms with Crippen LogP contribution in [0.4, 0.5) is 0 Å². The van der Waals surface area contributed by atoms with Crippen molar-refractivity contribution in [3.05, 3.63) is 64.4 Å². The fraction of sp³-hybridized carbons (Fsp3) is 0.176. The lowest BCUT2D eigenvalue weighted by Crippen LogP contribution is -2.03. The molecule has 1 N–H and O–H groups in total. The molecule has 1 aromatic heterocycles. The van der Waals surface area contributed by atoms with E-state index in [4.69, 9.17) is 4.74 Å². The Hall–Kier alpha value is -1.84. The van der Waals surface area contributed by atoms with Gasteiger partial charge in [-0.15, -0.1) is 0 Å². The number of fused-ring (bicyclic) bond motifs is 1. The van der Waals surface area contributed by atoms with Crippen molar-refractivity contribution < 1.29 is 9.84 Å². The second-order valence-electron chi connectivity index (χ2n) is 4.65. The largest absolute Gasteiger partial charge is 0.493 e. The lowest BCUT2D eigenvalue weighted by atomic mass is 10.0. The Labute approximate surface area is 122 Å². The maximum absolute atomic E-state index is 9.62. The first-order valence-corrected chi connectivity index (χ1v) is 7.58. The van der Waals surface area contributed by atoms with Crippen LogP contribution in [0.15, 0.2) is 53.2 Å². The molecule has 0 aliphatic heterocycles. The number of aliphatic hydroxyl groups is 1. The van der Waals surface area contributed by atoms with Gasteiger partial charge in [-0.05, 0) is 39.2 Å². The molecule has 3 rings (SSSR count). The summed E-state index contributed by atoms with van der Waals surface area (Å²) in [7, 11) is 0. The van der Waals surface area contributed by atoms with E-state index in [9.17, 15) is 5.11 Å². The lowest BCUT2D eigenvalue weighted by molar-refractivity contribution is 0.265. The summed E-state index contributed by atoms with van der Waals surface area (Å²) < 4.78 is 5.85. The van der Waals surface area contributed by atoms with E-state index in [0.717, 1.165) is 28.5 Å². The topological polar surface area (TPSA) is 29.5 Å². The van der Waals surface area contributed by atoms with Gasteiger partial charge in [-0.25, -0.2) is 0 Å². The van der Waals surface area contributed by atoms with Crippen LogP contribution in [0.3, 0.4) is 0 Å². The van der Waals surface area contributed by atoms with E-state index in [-0.39, 0.29) is 6.61 Å². The second-order valence-corrected chi connectivity index (χ2v) is 5.43. The van der Waals surface area contributed by atoms with E-state index in [0.29, 0.717) is 6.61 Å². The minimum atomic E-state index is -0.00482. The van der Waals surface area contributed by atoms with Gasteiger partial charge in [-0.1, -0.05) is 30.3 Å². The van der Waals surface area contributed by atoms with Crippen LogP contribution in [0.2, 0.25) is 0 Å². The first-order valence-electron chi connectivity index (χ1n) is 6.64. The molecule has 0 aliphatic rings. The molecule has 102 valence electrons. The van der Waals surface area contributed by atoms with Gasteiger partial charge in [0.1, 0.15) is 5.75 Å². The van der Waals surface area contributed by atoms with Crippen LogP contribution in [-0.2, 0) is 13.0 Å². The van der Waals surface area contributed by atoms with Gasteiger partial charge in [0.2, 0.25) is 0 Å². The van der Waals surface area contributed by atoms with Crippen LogP contribution in [0.5, 0.6) is 5.75 Å². The zero-order valence-corrected chi connectivity index (χ0v) is 11.9. The number of hydrogen-bond donors (Lipinski definition) is 1. The quantitative estimate of drug-likeness (QED) is 0.767. The Morgan fingerprint density at radius 1 is 1.05 bits per heavy atom. The molecule has 3 aromatic rings. The molecule has 0 saturated heterocycles. The standard InChI is InChI=1S/C17H16O2S/c18-11-16-15-4-2-1-3-14(15)5-6-17(16)19-9-7-13-8-10-20-12-13/h1-6,8,10,12,18H,7,9,11H2. The van der Waals surface area contributed by atoms with Gasteiger partial charge in [0.05, 0.1) is 13.2 Å². The molecule has 0 spiro atoms. The Morgan fingerprint density at radius 2 is 1.95 bits per heavy atom. The van der Waals surface area contributed by atoms with Crippen LogP contribution in [0, 0.1) is 0 Å². The Bertz CT molecular complexity index is 689. The molecule has 2 nitrogen and oxygen atoms in total. The van der Waals surface area contributed by atoms with Gasteiger partial charge in [-0.3, -0.25) is 0 Å². The van der Waals surface area contributed by atoms with E-state index in [1.807, 2.05) is 36.4 Å². The van der Waals surface area contributed by atoms with Crippen molar-refractivity contribution in [3.8, 4) is 5.75 Å². The van der Waals surface area contributed by atoms with Gasteiger partial charge < -0.3 is 9.84 Å². The molecule has 1 heterocycles. The van der Waals surface area contributed by atoms with Crippen molar-refractivity contribution in [2.24, 2.45) is 0 Å². The molecular formula is C17H16O2S. The van der Waals surface area contributed by atoms with Crippen molar-refractivity contribution in [2.75, 3.05) is 6.61 Å². The number of ether oxygens (including phenoxy) is 1. The van der Waals surface area contributed by atoms with Crippen LogP contribution >= 0.6 is 11.3 Å². The van der Waals surface area contributed by atoms with E-state index in [2.05, 4.69) is 16.8 Å². The maximum Gasteiger partial charge on any atom is 0.125 e. The van der Waals surface area contributed by atoms with Gasteiger partial charge in [-0.2, -0.15) is 11.3 Å². The molecule has 2 aromatic carbocycles. The van der Waals surface area contributed by atoms with Gasteiger partial charge in [0.25, 0.3) is 0 Å². The zero-order valence-electron chi connectivity index (χ0n) is 11.1. The highest BCUT2D eigenvalue weighted by atomic mass is 32.1. The van der Waals surface area contributed by atoms with Crippen molar-refractivity contribution >= 4 is 22.1 Å². The summed E-state index contributed by atoms with van der Waals surface area (Å²) in [5.74, 6) is 0.779. The fourth-order valence-electron chi connectivity index (χ4n) is 2.33. The Kier molecular flexibility index (Phi) is 4.00. The molecule has 0 saturated carbocycles. The summed E-state index contributed by atoms with van der Waals surface area (Å²) in [6.45, 7) is 0.622. The Balaban J connectivity index is 1.80. The number of aliphatic hydroxyl groups excluding tert-OH is 1. The van der Waals surface area contributed by atoms with Crippen molar-refractivity contribution in [3.63, 3.8) is 0 Å². The molecular weight excluding hydrogens is 268 g/mol. The van der Waals surface area contributed by atoms with Gasteiger partial charge >= 0.3 is 0 Å². The van der Waals surface area contributed by atoms with Crippen molar-refractivity contribution in [1.29, 1.82) is 0 Å². The number of rotatable bonds is 5. The van der Waals surface area contributed by atoms with Crippen LogP contribution in [0.25, 0.3) is 10.8 Å². The third-order valence-corrected chi connectivity index (χ3v) is 4.12. The molecule has 0 bridgehead atoms. The molecule has 3 heteroatoms. The highest BCUT2D eigenvalue weighted by Gasteiger charge is 2.07. The summed E-state index contributed by atoms with van der Waals surface area (Å²) in [6, 6.07) is 14.1. The normalized spacial score (nSPS) is 10.8. The predicted octanol–water partition coefficient (Wildman–Crippen LogP) is 4.02. The van der Waals surface area contributed by atoms with Crippen molar-refractivity contribution in [2.45, 2.75) is 13.0 Å². The summed E-state index contributed by atoms with van der Waals surface area (Å²) in [4.78, 5) is 0. The van der Waals surface area contributed by atoms with Crippen LogP contribution in [-0.4, -0.2) is 11.7 Å². The van der Waals surface area contributed by atoms with Crippen LogP contribution < -0.4 is 4.74 Å². The van der Waals surface area contributed by atoms with E-state index >= 15 is 0 Å². The molecule has 0 unspecified atom stereocenters. The average Bonchev–Trinajstić information content (AvgIpc) is 3.00. The van der Waals surface area contributed by atoms with E-state index < -0.39 is 0 Å². The van der Waals surface area contributed by atoms with Gasteiger partial charge in [0, 0.05) is 12.0 Å². The SMILES string of the molecule is OCc1c(OCCc2ccsc2)ccc2ccccc12. The first-order chi connectivity index (χ1) is 9.88. The summed E-state index contributed by atoms with van der Waals surface area (Å²) in [5.41, 5.74) is 2.16. The number of hydrogen-bond acceptors (Lipinski definition) is 3. The zero-order chi connectivity index (χ0) is 13.8. The second kappa shape index (κ2) is 6.07. The van der Waals surface area contributed by atoms with Gasteiger partial charge in [0.15, 0.2) is 0 Å². The average molecular weight is 284 g/mol. The fourth-order valence-corrected chi connectivity index (χ4v) is 3.03. The molecule has 0 atom stereocenters. The molecule has 0 aliphatic carbocycles. The minimum absolute atomic E-state index is 0.00482. The third kappa shape index (κ3) is 2.69. The maximum atomic E-state index is 9.62. The Morgan fingerprint density at radius 3 is 2.75 bits per heavy atom. The predicted molar refractivity (Wildman–Crippen MR) is 83.4 cm³/mol. The molecule has 0 radical (unpaired) electrons. The number of benzene rings is 2. The highest BCUT2D eigenvalue weighted by molar-refractivity contribution is 7.07. The van der Waals surface area contributed by atoms with E-state index in [1.165, 1.54) is 5.56 Å². The summed E-state index contributed by atoms with van der Waals surface area (Å²) >= 11 is 1.70. The monoisotopic (exact) mass is 284 g/mol. The molecule has 0 fully saturated rings. The summed E-state index contributed by atoms with van der Waals surface area (Å²) in [6.07, 6.45) is 0.890. The smallest absolute Gasteiger partial charge is 0.125 e. The molecule has 0 amide bonds. The number of thiophene rings is 1.